The summed E-state index contributed by atoms with van der Waals surface area (Å²) in [4.78, 5) is 0. The molecule has 1 aliphatic rings. The zero-order valence-corrected chi connectivity index (χ0v) is 18.2. The summed E-state index contributed by atoms with van der Waals surface area (Å²) in [6, 6.07) is 1.31. The molecule has 0 heterocycles. The van der Waals surface area contributed by atoms with Crippen LogP contribution in [0.1, 0.15) is 74.5 Å². The highest BCUT2D eigenvalue weighted by molar-refractivity contribution is 5.35. The largest absolute Gasteiger partial charge is 0.432 e. The first kappa shape index (κ1) is 26.2. The van der Waals surface area contributed by atoms with E-state index in [-0.39, 0.29) is 23.6 Å². The van der Waals surface area contributed by atoms with Crippen molar-refractivity contribution >= 4 is 0 Å². The van der Waals surface area contributed by atoms with Crippen molar-refractivity contribution in [1.29, 1.82) is 0 Å². The predicted octanol–water partition coefficient (Wildman–Crippen LogP) is 8.85. The molecule has 0 saturated heterocycles. The average molecular weight is 498 g/mol. The second-order valence-corrected chi connectivity index (χ2v) is 8.60. The molecule has 1 saturated carbocycles. The minimum absolute atomic E-state index is 0.124. The summed E-state index contributed by atoms with van der Waals surface area (Å²) in [5.74, 6) is -8.70. The first-order chi connectivity index (χ1) is 15.8. The first-order valence-electron chi connectivity index (χ1n) is 11.0. The van der Waals surface area contributed by atoms with Gasteiger partial charge in [-0.25, -0.2) is 17.6 Å². The fourth-order valence-corrected chi connectivity index (χ4v) is 4.46. The maximum Gasteiger partial charge on any atom is 0.432 e. The van der Waals surface area contributed by atoms with Crippen LogP contribution in [-0.4, -0.2) is 0 Å². The van der Waals surface area contributed by atoms with Crippen molar-refractivity contribution in [3.8, 4) is 5.75 Å². The van der Waals surface area contributed by atoms with Gasteiger partial charge in [0.1, 0.15) is 40.1 Å². The van der Waals surface area contributed by atoms with Gasteiger partial charge in [0.15, 0.2) is 0 Å². The molecule has 1 nitrogen and oxygen atoms in total. The van der Waals surface area contributed by atoms with Gasteiger partial charge in [-0.2, -0.15) is 22.0 Å². The van der Waals surface area contributed by atoms with Gasteiger partial charge in [-0.1, -0.05) is 26.2 Å². The molecule has 0 spiro atoms. The number of unbranched alkanes of at least 4 members (excludes halogenated alkanes) is 1. The molecule has 0 bridgehead atoms. The van der Waals surface area contributed by atoms with Crippen LogP contribution in [-0.2, 0) is 12.3 Å². The molecule has 1 aliphatic carbocycles. The van der Waals surface area contributed by atoms with Crippen LogP contribution < -0.4 is 4.74 Å². The lowest BCUT2D eigenvalue weighted by Crippen LogP contribution is -2.26. The van der Waals surface area contributed by atoms with Gasteiger partial charge in [-0.3, -0.25) is 0 Å². The third kappa shape index (κ3) is 5.81. The van der Waals surface area contributed by atoms with Gasteiger partial charge in [-0.15, -0.1) is 0 Å². The zero-order valence-electron chi connectivity index (χ0n) is 18.2. The average Bonchev–Trinajstić information content (AvgIpc) is 2.69. The van der Waals surface area contributed by atoms with Crippen LogP contribution in [0, 0.1) is 29.2 Å². The molecule has 0 radical (unpaired) electrons. The standard InChI is InChI=1S/C24H23F9O/c1-2-3-4-13-5-7-14(8-6-13)15-9-17(25)22(18(26)10-15)24(32,33)34-16-11-19(27)21(20(28)12-16)23(29,30)31/h9-14H,2-8H2,1H3/t13-,14-. The molecule has 10 heteroatoms. The lowest BCUT2D eigenvalue weighted by atomic mass is 9.77. The van der Waals surface area contributed by atoms with Gasteiger partial charge in [0.05, 0.1) is 0 Å². The lowest BCUT2D eigenvalue weighted by molar-refractivity contribution is -0.189. The van der Waals surface area contributed by atoms with Gasteiger partial charge >= 0.3 is 12.3 Å². The second-order valence-electron chi connectivity index (χ2n) is 8.60. The fourth-order valence-electron chi connectivity index (χ4n) is 4.46. The van der Waals surface area contributed by atoms with E-state index in [9.17, 15) is 39.5 Å². The number of alkyl halides is 5. The van der Waals surface area contributed by atoms with Crippen molar-refractivity contribution in [2.45, 2.75) is 70.1 Å². The van der Waals surface area contributed by atoms with Crippen molar-refractivity contribution in [3.05, 3.63) is 64.2 Å². The van der Waals surface area contributed by atoms with Gasteiger partial charge in [-0.05, 0) is 55.2 Å². The minimum Gasteiger partial charge on any atom is -0.429 e. The smallest absolute Gasteiger partial charge is 0.429 e. The summed E-state index contributed by atoms with van der Waals surface area (Å²) in [5, 5.41) is 0. The van der Waals surface area contributed by atoms with Crippen LogP contribution in [0.5, 0.6) is 5.75 Å². The van der Waals surface area contributed by atoms with Gasteiger partial charge in [0.2, 0.25) is 0 Å². The van der Waals surface area contributed by atoms with Crippen LogP contribution in [0.25, 0.3) is 0 Å². The Labute approximate surface area is 190 Å². The molecule has 0 N–H and O–H groups in total. The molecule has 1 fully saturated rings. The van der Waals surface area contributed by atoms with Crippen LogP contribution in [0.4, 0.5) is 39.5 Å². The lowest BCUT2D eigenvalue weighted by Gasteiger charge is -2.29. The van der Waals surface area contributed by atoms with Gasteiger partial charge in [0, 0.05) is 12.1 Å². The number of hydrogen-bond donors (Lipinski definition) is 0. The molecule has 3 rings (SSSR count). The molecule has 34 heavy (non-hydrogen) atoms. The minimum atomic E-state index is -5.42. The molecule has 0 unspecified atom stereocenters. The van der Waals surface area contributed by atoms with Crippen LogP contribution in [0.3, 0.4) is 0 Å². The highest BCUT2D eigenvalue weighted by Crippen LogP contribution is 2.42. The van der Waals surface area contributed by atoms with E-state index in [4.69, 9.17) is 0 Å². The molecule has 0 atom stereocenters. The molecule has 2 aromatic carbocycles. The highest BCUT2D eigenvalue weighted by atomic mass is 19.4. The third-order valence-corrected chi connectivity index (χ3v) is 6.18. The Morgan fingerprint density at radius 3 is 1.74 bits per heavy atom. The molecule has 0 aromatic heterocycles. The number of benzene rings is 2. The monoisotopic (exact) mass is 498 g/mol. The normalized spacial score (nSPS) is 19.4. The summed E-state index contributed by atoms with van der Waals surface area (Å²) < 4.78 is 128. The van der Waals surface area contributed by atoms with Crippen molar-refractivity contribution in [2.75, 3.05) is 0 Å². The van der Waals surface area contributed by atoms with Crippen LogP contribution in [0.2, 0.25) is 0 Å². The number of ether oxygens (including phenoxy) is 1. The molecular weight excluding hydrogens is 475 g/mol. The summed E-state index contributed by atoms with van der Waals surface area (Å²) in [7, 11) is 0. The highest BCUT2D eigenvalue weighted by Gasteiger charge is 2.43. The summed E-state index contributed by atoms with van der Waals surface area (Å²) in [6.07, 6.45) is -3.90. The van der Waals surface area contributed by atoms with E-state index in [1.165, 1.54) is 0 Å². The Bertz CT molecular complexity index is 962. The number of hydrogen-bond acceptors (Lipinski definition) is 1. The Morgan fingerprint density at radius 1 is 0.765 bits per heavy atom. The van der Waals surface area contributed by atoms with Crippen molar-refractivity contribution in [2.24, 2.45) is 5.92 Å². The molecule has 0 amide bonds. The third-order valence-electron chi connectivity index (χ3n) is 6.18. The van der Waals surface area contributed by atoms with E-state index in [2.05, 4.69) is 11.7 Å². The van der Waals surface area contributed by atoms with Crippen molar-refractivity contribution in [3.63, 3.8) is 0 Å². The van der Waals surface area contributed by atoms with Gasteiger partial charge in [0.25, 0.3) is 0 Å². The predicted molar refractivity (Wildman–Crippen MR) is 106 cm³/mol. The molecule has 188 valence electrons. The van der Waals surface area contributed by atoms with E-state index in [1.54, 1.807) is 0 Å². The van der Waals surface area contributed by atoms with E-state index in [0.29, 0.717) is 18.8 Å². The topological polar surface area (TPSA) is 9.23 Å². The molecule has 2 aromatic rings. The maximum absolute atomic E-state index is 14.6. The Kier molecular flexibility index (Phi) is 7.77. The maximum atomic E-state index is 14.6. The van der Waals surface area contributed by atoms with Gasteiger partial charge < -0.3 is 4.74 Å². The molecule has 0 aliphatic heterocycles. The SMILES string of the molecule is CCCC[C@H]1CC[C@H](c2cc(F)c(C(F)(F)Oc3cc(F)c(C(F)(F)F)c(F)c3)c(F)c2)CC1. The van der Waals surface area contributed by atoms with E-state index < -0.39 is 52.4 Å². The van der Waals surface area contributed by atoms with E-state index in [0.717, 1.165) is 44.2 Å². The number of halogens is 9. The summed E-state index contributed by atoms with van der Waals surface area (Å²) >= 11 is 0. The molecular formula is C24H23F9O. The zero-order chi connectivity index (χ0) is 25.3. The fraction of sp³-hybridized carbons (Fsp3) is 0.500. The first-order valence-corrected chi connectivity index (χ1v) is 11.0. The summed E-state index contributed by atoms with van der Waals surface area (Å²) in [6.45, 7) is 2.09. The van der Waals surface area contributed by atoms with E-state index in [1.807, 2.05) is 0 Å². The Hall–Kier alpha value is -2.39. The van der Waals surface area contributed by atoms with Crippen LogP contribution in [0.15, 0.2) is 24.3 Å². The quantitative estimate of drug-likeness (QED) is 0.347. The Morgan fingerprint density at radius 2 is 1.26 bits per heavy atom. The number of rotatable bonds is 7. The second kappa shape index (κ2) is 10.1. The van der Waals surface area contributed by atoms with Crippen molar-refractivity contribution < 1.29 is 44.3 Å². The van der Waals surface area contributed by atoms with Crippen molar-refractivity contribution in [1.82, 2.24) is 0 Å². The summed E-state index contributed by atoms with van der Waals surface area (Å²) in [5.41, 5.74) is -3.88. The van der Waals surface area contributed by atoms with E-state index >= 15 is 0 Å². The van der Waals surface area contributed by atoms with Crippen LogP contribution >= 0.6 is 0 Å². The Balaban J connectivity index is 1.81.